The van der Waals surface area contributed by atoms with Crippen molar-refractivity contribution >= 4 is 69.2 Å². The fourth-order valence-corrected chi connectivity index (χ4v) is 3.93. The van der Waals surface area contributed by atoms with E-state index in [1.165, 1.54) is 35.2 Å². The Kier molecular flexibility index (Phi) is 4.83. The number of phenols is 1. The Balaban J connectivity index is 1.97. The summed E-state index contributed by atoms with van der Waals surface area (Å²) in [4.78, 5) is 14.2. The van der Waals surface area contributed by atoms with Crippen molar-refractivity contribution in [3.8, 4) is 5.75 Å². The van der Waals surface area contributed by atoms with E-state index in [9.17, 15) is 14.3 Å². The number of carbonyl (C=O) groups excluding carboxylic acids is 1. The molecule has 122 valence electrons. The number of benzene rings is 2. The van der Waals surface area contributed by atoms with Crippen molar-refractivity contribution < 1.29 is 14.3 Å². The summed E-state index contributed by atoms with van der Waals surface area (Å²) < 4.78 is 13.7. The summed E-state index contributed by atoms with van der Waals surface area (Å²) >= 11 is 18.1. The van der Waals surface area contributed by atoms with Gasteiger partial charge in [-0.1, -0.05) is 53.2 Å². The third-order valence-electron chi connectivity index (χ3n) is 3.20. The van der Waals surface area contributed by atoms with Gasteiger partial charge in [-0.05, 0) is 42.0 Å². The van der Waals surface area contributed by atoms with Crippen molar-refractivity contribution in [1.82, 2.24) is 0 Å². The average Bonchev–Trinajstić information content (AvgIpc) is 2.79. The average molecular weight is 400 g/mol. The van der Waals surface area contributed by atoms with Crippen LogP contribution in [-0.4, -0.2) is 15.3 Å². The van der Waals surface area contributed by atoms with Crippen LogP contribution < -0.4 is 4.90 Å². The Morgan fingerprint density at radius 2 is 1.88 bits per heavy atom. The minimum absolute atomic E-state index is 0.0781. The zero-order valence-corrected chi connectivity index (χ0v) is 14.9. The number of hydrogen-bond acceptors (Lipinski definition) is 4. The van der Waals surface area contributed by atoms with Gasteiger partial charge in [-0.2, -0.15) is 0 Å². The van der Waals surface area contributed by atoms with E-state index in [4.69, 9.17) is 35.4 Å². The smallest absolute Gasteiger partial charge is 0.270 e. The first-order chi connectivity index (χ1) is 11.4. The fraction of sp³-hybridized carbons (Fsp3) is 0. The van der Waals surface area contributed by atoms with Gasteiger partial charge in [-0.15, -0.1) is 0 Å². The predicted molar refractivity (Wildman–Crippen MR) is 100 cm³/mol. The summed E-state index contributed by atoms with van der Waals surface area (Å²) in [5.74, 6) is -1.04. The highest BCUT2D eigenvalue weighted by Crippen LogP contribution is 2.38. The lowest BCUT2D eigenvalue weighted by atomic mass is 10.2. The molecule has 2 aromatic rings. The zero-order valence-electron chi connectivity index (χ0n) is 11.8. The lowest BCUT2D eigenvalue weighted by Crippen LogP contribution is -2.27. The third-order valence-corrected chi connectivity index (χ3v) is 5.08. The first kappa shape index (κ1) is 17.2. The summed E-state index contributed by atoms with van der Waals surface area (Å²) in [6.07, 6.45) is 1.57. The topological polar surface area (TPSA) is 40.5 Å². The summed E-state index contributed by atoms with van der Waals surface area (Å²) in [7, 11) is 0. The Morgan fingerprint density at radius 3 is 2.50 bits per heavy atom. The van der Waals surface area contributed by atoms with E-state index in [1.807, 2.05) is 0 Å². The number of carbonyl (C=O) groups is 1. The van der Waals surface area contributed by atoms with Crippen LogP contribution in [0.25, 0.3) is 6.08 Å². The van der Waals surface area contributed by atoms with Crippen molar-refractivity contribution in [3.05, 3.63) is 62.7 Å². The maximum Gasteiger partial charge on any atom is 0.270 e. The molecule has 1 fully saturated rings. The number of thioether (sulfide) groups is 1. The first-order valence-electron chi connectivity index (χ1n) is 6.58. The lowest BCUT2D eigenvalue weighted by Gasteiger charge is -2.14. The molecular formula is C16H8Cl2FNO2S2. The molecule has 3 nitrogen and oxygen atoms in total. The minimum atomic E-state index is -0.456. The van der Waals surface area contributed by atoms with Gasteiger partial charge in [0.15, 0.2) is 10.1 Å². The van der Waals surface area contributed by atoms with E-state index >= 15 is 0 Å². The van der Waals surface area contributed by atoms with E-state index in [0.717, 1.165) is 11.8 Å². The van der Waals surface area contributed by atoms with E-state index in [1.54, 1.807) is 12.1 Å². The molecular weight excluding hydrogens is 392 g/mol. The number of aromatic hydroxyl groups is 1. The molecule has 0 saturated carbocycles. The zero-order chi connectivity index (χ0) is 17.4. The molecule has 0 radical (unpaired) electrons. The Labute approximate surface area is 156 Å². The molecule has 1 N–H and O–H groups in total. The number of amides is 1. The van der Waals surface area contributed by atoms with Crippen molar-refractivity contribution in [3.63, 3.8) is 0 Å². The van der Waals surface area contributed by atoms with Gasteiger partial charge in [0.1, 0.15) is 5.82 Å². The van der Waals surface area contributed by atoms with E-state index in [2.05, 4.69) is 0 Å². The molecule has 0 spiro atoms. The SMILES string of the molecule is O=C1/C(=C\c2cc(Cl)c(O)c(Cl)c2)SC(=S)N1c1cccc(F)c1. The number of hydrogen-bond donors (Lipinski definition) is 1. The second-order valence-electron chi connectivity index (χ2n) is 4.83. The summed E-state index contributed by atoms with van der Waals surface area (Å²) in [5.41, 5.74) is 0.908. The Bertz CT molecular complexity index is 878. The maximum absolute atomic E-state index is 13.4. The molecule has 0 atom stereocenters. The molecule has 2 aromatic carbocycles. The molecule has 0 bridgehead atoms. The predicted octanol–water partition coefficient (Wildman–Crippen LogP) is 5.24. The van der Waals surface area contributed by atoms with Gasteiger partial charge in [0, 0.05) is 0 Å². The van der Waals surface area contributed by atoms with Crippen LogP contribution in [0.2, 0.25) is 10.0 Å². The largest absolute Gasteiger partial charge is 0.505 e. The van der Waals surface area contributed by atoms with Crippen molar-refractivity contribution in [1.29, 1.82) is 0 Å². The first-order valence-corrected chi connectivity index (χ1v) is 8.56. The van der Waals surface area contributed by atoms with Gasteiger partial charge in [-0.25, -0.2) is 4.39 Å². The summed E-state index contributed by atoms with van der Waals surface area (Å²) in [6, 6.07) is 8.60. The highest BCUT2D eigenvalue weighted by molar-refractivity contribution is 8.27. The van der Waals surface area contributed by atoms with Crippen LogP contribution in [0.4, 0.5) is 10.1 Å². The van der Waals surface area contributed by atoms with Gasteiger partial charge < -0.3 is 5.11 Å². The quantitative estimate of drug-likeness (QED) is 0.553. The molecule has 8 heteroatoms. The Morgan fingerprint density at radius 1 is 1.21 bits per heavy atom. The molecule has 1 amide bonds. The summed E-state index contributed by atoms with van der Waals surface area (Å²) in [5, 5.41) is 9.74. The van der Waals surface area contributed by atoms with Crippen LogP contribution in [0.1, 0.15) is 5.56 Å². The van der Waals surface area contributed by atoms with E-state index < -0.39 is 5.82 Å². The van der Waals surface area contributed by atoms with Crippen LogP contribution in [-0.2, 0) is 4.79 Å². The third kappa shape index (κ3) is 3.28. The number of phenolic OH excluding ortho intramolecular Hbond substituents is 1. The summed E-state index contributed by atoms with van der Waals surface area (Å²) in [6.45, 7) is 0. The number of halogens is 3. The Hall–Kier alpha value is -1.60. The van der Waals surface area contributed by atoms with Gasteiger partial charge >= 0.3 is 0 Å². The molecule has 1 aliphatic heterocycles. The molecule has 0 aromatic heterocycles. The fourth-order valence-electron chi connectivity index (χ4n) is 2.13. The van der Waals surface area contributed by atoms with Gasteiger partial charge in [-0.3, -0.25) is 9.69 Å². The van der Waals surface area contributed by atoms with Gasteiger partial charge in [0.2, 0.25) is 0 Å². The molecule has 0 aliphatic carbocycles. The van der Waals surface area contributed by atoms with Crippen LogP contribution >= 0.6 is 47.2 Å². The molecule has 3 rings (SSSR count). The molecule has 24 heavy (non-hydrogen) atoms. The normalized spacial score (nSPS) is 16.3. The molecule has 1 saturated heterocycles. The van der Waals surface area contributed by atoms with Crippen LogP contribution in [0.5, 0.6) is 5.75 Å². The second kappa shape index (κ2) is 6.72. The van der Waals surface area contributed by atoms with Crippen LogP contribution in [0, 0.1) is 5.82 Å². The second-order valence-corrected chi connectivity index (χ2v) is 7.32. The van der Waals surface area contributed by atoms with Crippen LogP contribution in [0.15, 0.2) is 41.3 Å². The number of thiocarbonyl (C=S) groups is 1. The number of rotatable bonds is 2. The standard InChI is InChI=1S/C16H8Cl2FNO2S2/c17-11-4-8(5-12(18)14(11)21)6-13-15(22)20(16(23)24-13)10-3-1-2-9(19)7-10/h1-7,21H/b13-6+. The minimum Gasteiger partial charge on any atom is -0.505 e. The van der Waals surface area contributed by atoms with E-state index in [-0.39, 0.29) is 21.7 Å². The number of anilines is 1. The van der Waals surface area contributed by atoms with Crippen LogP contribution in [0.3, 0.4) is 0 Å². The highest BCUT2D eigenvalue weighted by Gasteiger charge is 2.33. The van der Waals surface area contributed by atoms with E-state index in [0.29, 0.717) is 20.5 Å². The molecule has 1 aliphatic rings. The van der Waals surface area contributed by atoms with Gasteiger partial charge in [0.25, 0.3) is 5.91 Å². The van der Waals surface area contributed by atoms with Crippen molar-refractivity contribution in [2.45, 2.75) is 0 Å². The van der Waals surface area contributed by atoms with Crippen molar-refractivity contribution in [2.75, 3.05) is 4.90 Å². The molecule has 1 heterocycles. The number of nitrogens with zero attached hydrogens (tertiary/aromatic N) is 1. The monoisotopic (exact) mass is 399 g/mol. The van der Waals surface area contributed by atoms with Gasteiger partial charge in [0.05, 0.1) is 20.6 Å². The van der Waals surface area contributed by atoms with Crippen molar-refractivity contribution in [2.24, 2.45) is 0 Å². The maximum atomic E-state index is 13.4. The highest BCUT2D eigenvalue weighted by atomic mass is 35.5. The molecule has 0 unspecified atom stereocenters. The lowest BCUT2D eigenvalue weighted by molar-refractivity contribution is -0.113.